The van der Waals surface area contributed by atoms with Gasteiger partial charge in [0.1, 0.15) is 5.75 Å². The van der Waals surface area contributed by atoms with Crippen LogP contribution in [0.5, 0.6) is 5.75 Å². The summed E-state index contributed by atoms with van der Waals surface area (Å²) in [4.78, 5) is 0. The van der Waals surface area contributed by atoms with Crippen molar-refractivity contribution in [2.75, 3.05) is 12.4 Å². The topological polar surface area (TPSA) is 41.5 Å². The van der Waals surface area contributed by atoms with Gasteiger partial charge in [0.25, 0.3) is 0 Å². The van der Waals surface area contributed by atoms with Gasteiger partial charge >= 0.3 is 0 Å². The van der Waals surface area contributed by atoms with Gasteiger partial charge in [-0.25, -0.2) is 0 Å². The maximum atomic E-state index is 9.93. The number of anilines is 1. The van der Waals surface area contributed by atoms with E-state index in [4.69, 9.17) is 4.74 Å². The summed E-state index contributed by atoms with van der Waals surface area (Å²) in [6.45, 7) is 2.06. The minimum absolute atomic E-state index is 0.191. The summed E-state index contributed by atoms with van der Waals surface area (Å²) < 4.78 is 5.18. The van der Waals surface area contributed by atoms with Crippen molar-refractivity contribution in [3.05, 3.63) is 23.8 Å². The quantitative estimate of drug-likeness (QED) is 0.846. The molecule has 1 aromatic rings. The van der Waals surface area contributed by atoms with E-state index in [1.165, 1.54) is 6.42 Å². The van der Waals surface area contributed by atoms with Crippen LogP contribution >= 0.6 is 0 Å². The summed E-state index contributed by atoms with van der Waals surface area (Å²) >= 11 is 0. The molecule has 1 aromatic carbocycles. The number of aliphatic hydroxyl groups is 1. The molecular weight excluding hydrogens is 214 g/mol. The van der Waals surface area contributed by atoms with E-state index in [1.54, 1.807) is 7.11 Å². The molecule has 0 spiro atoms. The SMILES string of the molecule is COc1ccc(NC2CCCCC2O)c(C)c1. The Morgan fingerprint density at radius 1 is 1.29 bits per heavy atom. The largest absolute Gasteiger partial charge is 0.497 e. The first-order chi connectivity index (χ1) is 8.20. The van der Waals surface area contributed by atoms with Gasteiger partial charge in [-0.1, -0.05) is 12.8 Å². The Labute approximate surface area is 103 Å². The Bertz CT molecular complexity index is 378. The lowest BCUT2D eigenvalue weighted by atomic mass is 9.92. The van der Waals surface area contributed by atoms with Crippen LogP contribution in [-0.4, -0.2) is 24.4 Å². The number of hydrogen-bond acceptors (Lipinski definition) is 3. The Morgan fingerprint density at radius 2 is 2.06 bits per heavy atom. The van der Waals surface area contributed by atoms with E-state index >= 15 is 0 Å². The number of nitrogens with one attached hydrogen (secondary N) is 1. The molecule has 0 amide bonds. The van der Waals surface area contributed by atoms with Gasteiger partial charge in [-0.2, -0.15) is 0 Å². The number of aryl methyl sites for hydroxylation is 1. The molecule has 0 radical (unpaired) electrons. The van der Waals surface area contributed by atoms with Crippen molar-refractivity contribution in [2.24, 2.45) is 0 Å². The van der Waals surface area contributed by atoms with Gasteiger partial charge in [-0.05, 0) is 43.5 Å². The van der Waals surface area contributed by atoms with Crippen LogP contribution in [0.2, 0.25) is 0 Å². The van der Waals surface area contributed by atoms with Crippen LogP contribution in [0.4, 0.5) is 5.69 Å². The highest BCUT2D eigenvalue weighted by Gasteiger charge is 2.22. The molecule has 1 saturated carbocycles. The smallest absolute Gasteiger partial charge is 0.119 e. The average Bonchev–Trinajstić information content (AvgIpc) is 2.34. The highest BCUT2D eigenvalue weighted by Crippen LogP contribution is 2.26. The number of rotatable bonds is 3. The number of aliphatic hydroxyl groups excluding tert-OH is 1. The maximum Gasteiger partial charge on any atom is 0.119 e. The number of ether oxygens (including phenoxy) is 1. The average molecular weight is 235 g/mol. The van der Waals surface area contributed by atoms with E-state index < -0.39 is 0 Å². The predicted octanol–water partition coefficient (Wildman–Crippen LogP) is 2.72. The zero-order valence-electron chi connectivity index (χ0n) is 10.6. The maximum absolute atomic E-state index is 9.93. The molecule has 94 valence electrons. The highest BCUT2D eigenvalue weighted by molar-refractivity contribution is 5.54. The van der Waals surface area contributed by atoms with E-state index in [0.29, 0.717) is 0 Å². The first kappa shape index (κ1) is 12.2. The van der Waals surface area contributed by atoms with Gasteiger partial charge in [0.15, 0.2) is 0 Å². The second kappa shape index (κ2) is 5.41. The van der Waals surface area contributed by atoms with Crippen LogP contribution < -0.4 is 10.1 Å². The molecule has 2 atom stereocenters. The molecule has 1 fully saturated rings. The normalized spacial score (nSPS) is 24.4. The molecule has 2 unspecified atom stereocenters. The van der Waals surface area contributed by atoms with Crippen molar-refractivity contribution in [1.29, 1.82) is 0 Å². The predicted molar refractivity (Wildman–Crippen MR) is 69.6 cm³/mol. The number of hydrogen-bond donors (Lipinski definition) is 2. The fraction of sp³-hybridized carbons (Fsp3) is 0.571. The fourth-order valence-electron chi connectivity index (χ4n) is 2.40. The van der Waals surface area contributed by atoms with Crippen molar-refractivity contribution in [3.63, 3.8) is 0 Å². The number of benzene rings is 1. The van der Waals surface area contributed by atoms with Crippen LogP contribution in [0.15, 0.2) is 18.2 Å². The monoisotopic (exact) mass is 235 g/mol. The van der Waals surface area contributed by atoms with Gasteiger partial charge in [-0.15, -0.1) is 0 Å². The molecule has 2 N–H and O–H groups in total. The van der Waals surface area contributed by atoms with E-state index in [9.17, 15) is 5.11 Å². The Kier molecular flexibility index (Phi) is 3.89. The van der Waals surface area contributed by atoms with Gasteiger partial charge in [0.2, 0.25) is 0 Å². The minimum Gasteiger partial charge on any atom is -0.497 e. The molecule has 0 saturated heterocycles. The third kappa shape index (κ3) is 2.91. The van der Waals surface area contributed by atoms with Crippen molar-refractivity contribution in [3.8, 4) is 5.75 Å². The lowest BCUT2D eigenvalue weighted by molar-refractivity contribution is 0.116. The van der Waals surface area contributed by atoms with Gasteiger partial charge in [0.05, 0.1) is 19.3 Å². The molecule has 17 heavy (non-hydrogen) atoms. The van der Waals surface area contributed by atoms with Gasteiger partial charge < -0.3 is 15.2 Å². The summed E-state index contributed by atoms with van der Waals surface area (Å²) in [5.41, 5.74) is 2.25. The Balaban J connectivity index is 2.07. The zero-order valence-corrected chi connectivity index (χ0v) is 10.6. The highest BCUT2D eigenvalue weighted by atomic mass is 16.5. The molecular formula is C14H21NO2. The zero-order chi connectivity index (χ0) is 12.3. The van der Waals surface area contributed by atoms with Crippen LogP contribution in [0.3, 0.4) is 0 Å². The van der Waals surface area contributed by atoms with Gasteiger partial charge in [-0.3, -0.25) is 0 Å². The summed E-state index contributed by atoms with van der Waals surface area (Å²) in [7, 11) is 1.67. The second-order valence-corrected chi connectivity index (χ2v) is 4.78. The molecule has 0 heterocycles. The minimum atomic E-state index is -0.217. The molecule has 0 aliphatic heterocycles. The van der Waals surface area contributed by atoms with Crippen molar-refractivity contribution < 1.29 is 9.84 Å². The third-order valence-electron chi connectivity index (χ3n) is 3.50. The molecule has 0 bridgehead atoms. The Morgan fingerprint density at radius 3 is 2.71 bits per heavy atom. The first-order valence-electron chi connectivity index (χ1n) is 6.30. The lowest BCUT2D eigenvalue weighted by Gasteiger charge is -2.29. The van der Waals surface area contributed by atoms with E-state index in [2.05, 4.69) is 12.2 Å². The summed E-state index contributed by atoms with van der Waals surface area (Å²) in [5, 5.41) is 13.4. The van der Waals surface area contributed by atoms with E-state index in [-0.39, 0.29) is 12.1 Å². The summed E-state index contributed by atoms with van der Waals surface area (Å²) in [6, 6.07) is 6.17. The second-order valence-electron chi connectivity index (χ2n) is 4.78. The first-order valence-corrected chi connectivity index (χ1v) is 6.30. The molecule has 2 rings (SSSR count). The Hall–Kier alpha value is -1.22. The summed E-state index contributed by atoms with van der Waals surface area (Å²) in [6.07, 6.45) is 4.08. The van der Waals surface area contributed by atoms with Crippen LogP contribution in [0.25, 0.3) is 0 Å². The molecule has 3 heteroatoms. The van der Waals surface area contributed by atoms with Crippen LogP contribution in [-0.2, 0) is 0 Å². The van der Waals surface area contributed by atoms with Crippen molar-refractivity contribution in [1.82, 2.24) is 0 Å². The lowest BCUT2D eigenvalue weighted by Crippen LogP contribution is -2.36. The van der Waals surface area contributed by atoms with Crippen LogP contribution in [0, 0.1) is 6.92 Å². The van der Waals surface area contributed by atoms with Crippen molar-refractivity contribution in [2.45, 2.75) is 44.8 Å². The van der Waals surface area contributed by atoms with E-state index in [0.717, 1.165) is 36.3 Å². The van der Waals surface area contributed by atoms with E-state index in [1.807, 2.05) is 18.2 Å². The van der Waals surface area contributed by atoms with Crippen LogP contribution in [0.1, 0.15) is 31.2 Å². The summed E-state index contributed by atoms with van der Waals surface area (Å²) in [5.74, 6) is 0.872. The molecule has 0 aromatic heterocycles. The number of methoxy groups -OCH3 is 1. The third-order valence-corrected chi connectivity index (χ3v) is 3.50. The van der Waals surface area contributed by atoms with Gasteiger partial charge in [0, 0.05) is 5.69 Å². The van der Waals surface area contributed by atoms with Crippen molar-refractivity contribution >= 4 is 5.69 Å². The molecule has 1 aliphatic rings. The molecule has 3 nitrogen and oxygen atoms in total. The standard InChI is InChI=1S/C14H21NO2/c1-10-9-11(17-2)7-8-12(10)15-13-5-3-4-6-14(13)16/h7-9,13-16H,3-6H2,1-2H3. The molecule has 1 aliphatic carbocycles. The fourth-order valence-corrected chi connectivity index (χ4v) is 2.40.